The minimum absolute atomic E-state index is 0.0178. The molecule has 0 unspecified atom stereocenters. The molecule has 0 aliphatic carbocycles. The van der Waals surface area contributed by atoms with E-state index in [0.717, 1.165) is 27.6 Å². The quantitative estimate of drug-likeness (QED) is 0.679. The van der Waals surface area contributed by atoms with E-state index >= 15 is 0 Å². The van der Waals surface area contributed by atoms with Gasteiger partial charge in [0.15, 0.2) is 6.61 Å². The second-order valence-corrected chi connectivity index (χ2v) is 5.93. The fourth-order valence-electron chi connectivity index (χ4n) is 2.82. The lowest BCUT2D eigenvalue weighted by atomic mass is 9.98. The summed E-state index contributed by atoms with van der Waals surface area (Å²) in [6.07, 6.45) is 3.50. The summed E-state index contributed by atoms with van der Waals surface area (Å²) >= 11 is 0. The van der Waals surface area contributed by atoms with E-state index in [1.807, 2.05) is 49.4 Å². The Labute approximate surface area is 153 Å². The molecule has 5 nitrogen and oxygen atoms in total. The van der Waals surface area contributed by atoms with Gasteiger partial charge in [0.25, 0.3) is 5.91 Å². The second kappa shape index (κ2) is 7.87. The number of carbonyl (C=O) groups is 1. The maximum atomic E-state index is 12.0. The van der Waals surface area contributed by atoms with Crippen molar-refractivity contribution in [3.63, 3.8) is 0 Å². The van der Waals surface area contributed by atoms with E-state index in [9.17, 15) is 4.79 Å². The predicted molar refractivity (Wildman–Crippen MR) is 103 cm³/mol. The average molecular weight is 350 g/mol. The third-order valence-corrected chi connectivity index (χ3v) is 4.43. The molecule has 5 heteroatoms. The van der Waals surface area contributed by atoms with Crippen molar-refractivity contribution in [2.24, 2.45) is 0 Å². The highest BCUT2D eigenvalue weighted by Gasteiger charge is 2.14. The van der Waals surface area contributed by atoms with Crippen LogP contribution in [-0.4, -0.2) is 43.1 Å². The number of nitrogens with zero attached hydrogens (tertiary/aromatic N) is 2. The molecule has 0 atom stereocenters. The molecule has 0 saturated carbocycles. The third-order valence-electron chi connectivity index (χ3n) is 4.43. The highest BCUT2D eigenvalue weighted by molar-refractivity contribution is 6.01. The van der Waals surface area contributed by atoms with E-state index in [2.05, 4.69) is 4.98 Å². The fourth-order valence-corrected chi connectivity index (χ4v) is 2.82. The topological polar surface area (TPSA) is 51.7 Å². The SMILES string of the molecule is CCN(C)C(=O)COc1ccc(-c2cnccc2OC)c2ccccc12. The summed E-state index contributed by atoms with van der Waals surface area (Å²) in [7, 11) is 3.41. The van der Waals surface area contributed by atoms with E-state index in [0.29, 0.717) is 12.3 Å². The van der Waals surface area contributed by atoms with Crippen LogP contribution < -0.4 is 9.47 Å². The van der Waals surface area contributed by atoms with E-state index in [-0.39, 0.29) is 12.5 Å². The van der Waals surface area contributed by atoms with Gasteiger partial charge in [0.05, 0.1) is 7.11 Å². The first kappa shape index (κ1) is 17.7. The predicted octanol–water partition coefficient (Wildman–Crippen LogP) is 3.77. The van der Waals surface area contributed by atoms with E-state index in [1.165, 1.54) is 0 Å². The van der Waals surface area contributed by atoms with Gasteiger partial charge in [-0.05, 0) is 36.1 Å². The molecule has 3 rings (SSSR count). The van der Waals surface area contributed by atoms with Crippen LogP contribution in [-0.2, 0) is 4.79 Å². The largest absolute Gasteiger partial charge is 0.496 e. The number of methoxy groups -OCH3 is 1. The number of aromatic nitrogens is 1. The van der Waals surface area contributed by atoms with Gasteiger partial charge in [0, 0.05) is 36.9 Å². The number of pyridine rings is 1. The van der Waals surface area contributed by atoms with Crippen LogP contribution in [0.5, 0.6) is 11.5 Å². The number of hydrogen-bond acceptors (Lipinski definition) is 4. The lowest BCUT2D eigenvalue weighted by Crippen LogP contribution is -2.31. The first-order chi connectivity index (χ1) is 12.7. The molecule has 134 valence electrons. The van der Waals surface area contributed by atoms with Crippen molar-refractivity contribution in [3.05, 3.63) is 54.9 Å². The first-order valence-electron chi connectivity index (χ1n) is 8.52. The lowest BCUT2D eigenvalue weighted by molar-refractivity contribution is -0.131. The Bertz CT molecular complexity index is 924. The van der Waals surface area contributed by atoms with Crippen molar-refractivity contribution in [2.75, 3.05) is 27.3 Å². The minimum atomic E-state index is -0.0467. The number of benzene rings is 2. The molecule has 0 N–H and O–H groups in total. The molecule has 0 saturated heterocycles. The molecular formula is C21H22N2O3. The van der Waals surface area contributed by atoms with E-state index in [1.54, 1.807) is 31.5 Å². The molecule has 2 aromatic carbocycles. The smallest absolute Gasteiger partial charge is 0.260 e. The van der Waals surface area contributed by atoms with Gasteiger partial charge in [-0.25, -0.2) is 0 Å². The average Bonchev–Trinajstić information content (AvgIpc) is 2.71. The first-order valence-corrected chi connectivity index (χ1v) is 8.52. The Kier molecular flexibility index (Phi) is 5.37. The Morgan fingerprint density at radius 1 is 1.04 bits per heavy atom. The van der Waals surface area contributed by atoms with E-state index < -0.39 is 0 Å². The molecule has 3 aromatic rings. The van der Waals surface area contributed by atoms with Gasteiger partial charge in [-0.2, -0.15) is 0 Å². The van der Waals surface area contributed by atoms with Crippen LogP contribution in [0.25, 0.3) is 21.9 Å². The molecule has 0 aliphatic heterocycles. The van der Waals surface area contributed by atoms with Crippen molar-refractivity contribution in [1.82, 2.24) is 9.88 Å². The van der Waals surface area contributed by atoms with Crippen LogP contribution in [0.15, 0.2) is 54.9 Å². The van der Waals surface area contributed by atoms with Crippen LogP contribution in [0.1, 0.15) is 6.92 Å². The zero-order chi connectivity index (χ0) is 18.5. The van der Waals surface area contributed by atoms with Gasteiger partial charge in [0.1, 0.15) is 11.5 Å². The lowest BCUT2D eigenvalue weighted by Gasteiger charge is -2.17. The standard InChI is InChI=1S/C21H22N2O3/c1-4-23(2)21(24)14-26-20-10-9-16(15-7-5-6-8-17(15)20)18-13-22-12-11-19(18)25-3/h5-13H,4,14H2,1-3H3. The Balaban J connectivity index is 2.01. The number of likely N-dealkylation sites (N-methyl/N-ethyl adjacent to an activating group) is 1. The number of rotatable bonds is 6. The van der Waals surface area contributed by atoms with Gasteiger partial charge >= 0.3 is 0 Å². The van der Waals surface area contributed by atoms with Gasteiger partial charge < -0.3 is 14.4 Å². The molecule has 1 heterocycles. The summed E-state index contributed by atoms with van der Waals surface area (Å²) in [5.41, 5.74) is 1.93. The number of fused-ring (bicyclic) bond motifs is 1. The van der Waals surface area contributed by atoms with Gasteiger partial charge in [0.2, 0.25) is 0 Å². The molecule has 0 bridgehead atoms. The van der Waals surface area contributed by atoms with E-state index in [4.69, 9.17) is 9.47 Å². The number of ether oxygens (including phenoxy) is 2. The van der Waals surface area contributed by atoms with Crippen LogP contribution in [0.3, 0.4) is 0 Å². The Morgan fingerprint density at radius 3 is 2.54 bits per heavy atom. The second-order valence-electron chi connectivity index (χ2n) is 5.93. The summed E-state index contributed by atoms with van der Waals surface area (Å²) in [6.45, 7) is 2.61. The van der Waals surface area contributed by atoms with Gasteiger partial charge in [-0.3, -0.25) is 9.78 Å². The highest BCUT2D eigenvalue weighted by atomic mass is 16.5. The van der Waals surface area contributed by atoms with Crippen LogP contribution >= 0.6 is 0 Å². The summed E-state index contributed by atoms with van der Waals surface area (Å²) < 4.78 is 11.3. The monoisotopic (exact) mass is 350 g/mol. The minimum Gasteiger partial charge on any atom is -0.496 e. The fraction of sp³-hybridized carbons (Fsp3) is 0.238. The number of amides is 1. The Morgan fingerprint density at radius 2 is 1.81 bits per heavy atom. The third kappa shape index (κ3) is 3.47. The summed E-state index contributed by atoms with van der Waals surface area (Å²) in [5, 5.41) is 1.97. The molecule has 1 amide bonds. The molecule has 1 aromatic heterocycles. The molecule has 0 fully saturated rings. The zero-order valence-corrected chi connectivity index (χ0v) is 15.2. The van der Waals surface area contributed by atoms with Crippen molar-refractivity contribution in [1.29, 1.82) is 0 Å². The number of hydrogen-bond donors (Lipinski definition) is 0. The van der Waals surface area contributed by atoms with Crippen LogP contribution in [0.4, 0.5) is 0 Å². The van der Waals surface area contributed by atoms with Gasteiger partial charge in [-0.15, -0.1) is 0 Å². The van der Waals surface area contributed by atoms with Crippen LogP contribution in [0, 0.1) is 0 Å². The Hall–Kier alpha value is -3.08. The summed E-state index contributed by atoms with van der Waals surface area (Å²) in [4.78, 5) is 17.9. The van der Waals surface area contributed by atoms with Crippen LogP contribution in [0.2, 0.25) is 0 Å². The van der Waals surface area contributed by atoms with Crippen molar-refractivity contribution >= 4 is 16.7 Å². The molecule has 0 radical (unpaired) electrons. The molecule has 0 aliphatic rings. The molecule has 0 spiro atoms. The highest BCUT2D eigenvalue weighted by Crippen LogP contribution is 2.37. The number of carbonyl (C=O) groups excluding carboxylic acids is 1. The maximum Gasteiger partial charge on any atom is 0.260 e. The van der Waals surface area contributed by atoms with Gasteiger partial charge in [-0.1, -0.05) is 24.3 Å². The molecular weight excluding hydrogens is 328 g/mol. The van der Waals surface area contributed by atoms with Crippen molar-refractivity contribution < 1.29 is 14.3 Å². The summed E-state index contributed by atoms with van der Waals surface area (Å²) in [6, 6.07) is 13.7. The van der Waals surface area contributed by atoms with Crippen molar-refractivity contribution in [2.45, 2.75) is 6.92 Å². The normalized spacial score (nSPS) is 10.6. The molecule has 26 heavy (non-hydrogen) atoms. The van der Waals surface area contributed by atoms with Crippen molar-refractivity contribution in [3.8, 4) is 22.6 Å². The maximum absolute atomic E-state index is 12.0. The summed E-state index contributed by atoms with van der Waals surface area (Å²) in [5.74, 6) is 1.40. The zero-order valence-electron chi connectivity index (χ0n) is 15.2.